The number of methoxy groups -OCH3 is 1. The van der Waals surface area contributed by atoms with E-state index in [1.54, 1.807) is 38.8 Å². The summed E-state index contributed by atoms with van der Waals surface area (Å²) in [4.78, 5) is 42.1. The first-order valence-electron chi connectivity index (χ1n) is 26.0. The molecule has 22 heteroatoms. The number of piperazine rings is 1. The third kappa shape index (κ3) is 10.2. The Morgan fingerprint density at radius 2 is 1.73 bits per heavy atom. The number of aromatic amines is 1. The van der Waals surface area contributed by atoms with Crippen molar-refractivity contribution in [2.24, 2.45) is 5.92 Å². The number of halogens is 2. The van der Waals surface area contributed by atoms with Gasteiger partial charge in [-0.15, -0.1) is 5.10 Å². The van der Waals surface area contributed by atoms with Gasteiger partial charge in [-0.2, -0.15) is 25.3 Å². The number of hydrogen-bond donors (Lipinski definition) is 5. The fraction of sp³-hybridized carbons (Fsp3) is 0.375. The molecular weight excluding hydrogens is 1020 g/mol. The van der Waals surface area contributed by atoms with Crippen molar-refractivity contribution in [2.45, 2.75) is 89.6 Å². The Bertz CT molecular complexity index is 3490. The Balaban J connectivity index is 0.855. The van der Waals surface area contributed by atoms with E-state index in [-0.39, 0.29) is 56.9 Å². The largest absolute Gasteiger partial charge is 0.486 e. The number of anilines is 1. The van der Waals surface area contributed by atoms with Gasteiger partial charge in [0.2, 0.25) is 11.8 Å². The van der Waals surface area contributed by atoms with Gasteiger partial charge in [0, 0.05) is 78.3 Å². The number of carbonyl (C=O) groups is 2. The number of fused-ring (bicyclic) bond motifs is 4. The number of carbonyl (C=O) groups excluding carboxylic acids is 2. The Kier molecular flexibility index (Phi) is 14.8. The minimum Gasteiger partial charge on any atom is -0.486 e. The van der Waals surface area contributed by atoms with E-state index in [1.807, 2.05) is 81.4 Å². The summed E-state index contributed by atoms with van der Waals surface area (Å²) >= 11 is 7.37. The summed E-state index contributed by atoms with van der Waals surface area (Å²) in [6.45, 7) is 8.67. The fourth-order valence-corrected chi connectivity index (χ4v) is 11.2. The monoisotopic (exact) mass is 1080 g/mol. The molecule has 0 saturated carbocycles. The zero-order chi connectivity index (χ0) is 54.4. The number of benzene rings is 4. The lowest BCUT2D eigenvalue weighted by Crippen LogP contribution is -2.50. The molecule has 3 aliphatic rings. The highest BCUT2D eigenvalue weighted by atomic mass is 35.5. The Morgan fingerprint density at radius 3 is 2.44 bits per heavy atom. The zero-order valence-electron chi connectivity index (χ0n) is 43.6. The molecule has 404 valence electrons. The van der Waals surface area contributed by atoms with E-state index in [0.717, 1.165) is 36.2 Å². The number of nitrogens with one attached hydrogen (secondary N) is 3. The number of H-pyrrole nitrogens is 1. The summed E-state index contributed by atoms with van der Waals surface area (Å²) in [6.07, 6.45) is 6.38. The summed E-state index contributed by atoms with van der Waals surface area (Å²) in [5.74, 6) is -0.672. The second-order valence-electron chi connectivity index (χ2n) is 20.6. The van der Waals surface area contributed by atoms with E-state index < -0.39 is 41.9 Å². The first-order valence-corrected chi connectivity index (χ1v) is 26.4. The van der Waals surface area contributed by atoms with E-state index in [9.17, 15) is 19.8 Å². The molecule has 0 aliphatic carbocycles. The van der Waals surface area contributed by atoms with Crippen molar-refractivity contribution >= 4 is 51.0 Å². The van der Waals surface area contributed by atoms with Gasteiger partial charge in [0.05, 0.1) is 60.2 Å². The molecule has 3 saturated heterocycles. The lowest BCUT2D eigenvalue weighted by Gasteiger charge is -2.30. The molecule has 4 aromatic carbocycles. The predicted octanol–water partition coefficient (Wildman–Crippen LogP) is 6.54. The van der Waals surface area contributed by atoms with Crippen LogP contribution in [0.1, 0.15) is 62.4 Å². The molecule has 11 rings (SSSR count). The van der Waals surface area contributed by atoms with Crippen LogP contribution in [0.15, 0.2) is 91.5 Å². The maximum absolute atomic E-state index is 15.8. The lowest BCUT2D eigenvalue weighted by atomic mass is 9.94. The number of ether oxygens (including phenoxy) is 3. The number of β-amino-alcohol motifs (C(OH)–C–C–N with tert-alkyl or cyclic N) is 1. The van der Waals surface area contributed by atoms with Crippen molar-refractivity contribution < 1.29 is 38.4 Å². The maximum Gasteiger partial charge on any atom is 0.319 e. The van der Waals surface area contributed by atoms with Crippen LogP contribution in [0.4, 0.5) is 10.2 Å². The number of rotatable bonds is 18. The average molecular weight is 1080 g/mol. The van der Waals surface area contributed by atoms with Crippen LogP contribution in [0.25, 0.3) is 55.3 Å². The van der Waals surface area contributed by atoms with Gasteiger partial charge in [-0.1, -0.05) is 79.2 Å². The molecule has 0 unspecified atom stereocenters. The van der Waals surface area contributed by atoms with Gasteiger partial charge in [-0.05, 0) is 66.6 Å². The normalized spacial score (nSPS) is 19.3. The molecule has 5 N–H and O–H groups in total. The summed E-state index contributed by atoms with van der Waals surface area (Å²) < 4.78 is 35.9. The molecular formula is C56H59ClFN13O7. The zero-order valence-corrected chi connectivity index (χ0v) is 44.4. The van der Waals surface area contributed by atoms with Crippen molar-refractivity contribution in [3.05, 3.63) is 119 Å². The maximum atomic E-state index is 15.8. The highest BCUT2D eigenvalue weighted by molar-refractivity contribution is 6.35. The van der Waals surface area contributed by atoms with Crippen LogP contribution in [0, 0.1) is 18.7 Å². The second-order valence-corrected chi connectivity index (χ2v) is 21.0. The first kappa shape index (κ1) is 52.4. The van der Waals surface area contributed by atoms with Crippen LogP contribution in [0.3, 0.4) is 0 Å². The standard InChI is InChI=1S/C56H59ClFN13O7/c1-29(2)51(55(75)70-24-39(73)17-47(70)54(74)63-46(26-72)35-12-10-33(11-13-35)36-14-15-60-61-20-36)71-25-45(67-68-71)34-8-6-32(7-9-34)28-77-52-49(48-31(4)43(58)19-44-41(48)22-62-66-44)42(57)18-40-50(52)64-56(78-27-30(3)76-5)65-53(40)69-23-37-16-38(69)21-59-37/h6-15,18-20,22,25,29-30,37-39,46-47,51,59,72-73H,16-17,21,23-24,26-28H2,1-5H3,(H,62,66)(H,63,74)/t30-,37-,38-,39+,46-,47-,51-/m0/s1. The first-order chi connectivity index (χ1) is 37.8. The predicted molar refractivity (Wildman–Crippen MR) is 289 cm³/mol. The number of aliphatic hydroxyl groups is 2. The molecule has 3 aliphatic heterocycles. The molecule has 0 radical (unpaired) electrons. The van der Waals surface area contributed by atoms with E-state index in [1.165, 1.54) is 15.6 Å². The summed E-state index contributed by atoms with van der Waals surface area (Å²) in [7, 11) is 1.61. The number of aromatic nitrogens is 9. The molecule has 2 amide bonds. The van der Waals surface area contributed by atoms with E-state index in [0.29, 0.717) is 77.9 Å². The third-order valence-electron chi connectivity index (χ3n) is 15.1. The van der Waals surface area contributed by atoms with Crippen LogP contribution in [0.2, 0.25) is 5.02 Å². The Labute approximate surface area is 453 Å². The summed E-state index contributed by atoms with van der Waals surface area (Å²) in [5, 5.41) is 53.1. The molecule has 8 aromatic rings. The number of aliphatic hydroxyl groups excluding tert-OH is 2. The quantitative estimate of drug-likeness (QED) is 0.0612. The van der Waals surface area contributed by atoms with Gasteiger partial charge in [0.25, 0.3) is 0 Å². The SMILES string of the molecule is CO[C@@H](C)COc1nc(N2C[C@@H]3C[C@H]2CN3)c2cc(Cl)c(-c3c(C)c(F)cc4[nH]ncc34)c(OCc3ccc(-c4cn([C@H](C(=O)N5C[C@H](O)C[C@H]5C(=O)N[C@@H](CO)c5ccc(-c6ccnnc6)cc5)C(C)C)nn4)cc3)c2n1. The highest BCUT2D eigenvalue weighted by Gasteiger charge is 2.44. The molecule has 3 fully saturated rings. The highest BCUT2D eigenvalue weighted by Crippen LogP contribution is 2.49. The minimum atomic E-state index is -0.999. The summed E-state index contributed by atoms with van der Waals surface area (Å²) in [6, 6.07) is 18.0. The van der Waals surface area contributed by atoms with E-state index >= 15 is 4.39 Å². The number of nitrogens with zero attached hydrogens (tertiary/aromatic N) is 10. The van der Waals surface area contributed by atoms with Crippen LogP contribution < -0.4 is 25.0 Å². The topological polar surface area (TPSA) is 244 Å². The third-order valence-corrected chi connectivity index (χ3v) is 15.4. The van der Waals surface area contributed by atoms with Crippen LogP contribution in [-0.2, 0) is 20.9 Å². The van der Waals surface area contributed by atoms with Crippen LogP contribution >= 0.6 is 11.6 Å². The van der Waals surface area contributed by atoms with Crippen molar-refractivity contribution in [3.63, 3.8) is 0 Å². The second kappa shape index (κ2) is 22.0. The molecule has 7 atom stereocenters. The Morgan fingerprint density at radius 1 is 0.936 bits per heavy atom. The minimum absolute atomic E-state index is 0.0243. The van der Waals surface area contributed by atoms with Gasteiger partial charge in [0.1, 0.15) is 48.1 Å². The number of hydrogen-bond acceptors (Lipinski definition) is 16. The lowest BCUT2D eigenvalue weighted by molar-refractivity contribution is -0.142. The molecule has 4 aromatic heterocycles. The van der Waals surface area contributed by atoms with Gasteiger partial charge in [0.15, 0.2) is 5.75 Å². The Hall–Kier alpha value is -7.69. The molecule has 78 heavy (non-hydrogen) atoms. The van der Waals surface area contributed by atoms with Gasteiger partial charge in [-0.3, -0.25) is 14.7 Å². The van der Waals surface area contributed by atoms with E-state index in [4.69, 9.17) is 35.8 Å². The van der Waals surface area contributed by atoms with Gasteiger partial charge in [-0.25, -0.2) is 9.07 Å². The van der Waals surface area contributed by atoms with Crippen molar-refractivity contribution in [1.29, 1.82) is 0 Å². The molecule has 7 heterocycles. The summed E-state index contributed by atoms with van der Waals surface area (Å²) in [5.41, 5.74) is 6.61. The molecule has 2 bridgehead atoms. The molecule has 0 spiro atoms. The smallest absolute Gasteiger partial charge is 0.319 e. The average Bonchev–Trinajstić information content (AvgIpc) is 4.47. The van der Waals surface area contributed by atoms with Crippen molar-refractivity contribution in [3.8, 4) is 45.3 Å². The van der Waals surface area contributed by atoms with Crippen LogP contribution in [0.5, 0.6) is 11.8 Å². The van der Waals surface area contributed by atoms with Crippen molar-refractivity contribution in [2.75, 3.05) is 44.9 Å². The van der Waals surface area contributed by atoms with Crippen LogP contribution in [-0.4, -0.2) is 143 Å². The van der Waals surface area contributed by atoms with E-state index in [2.05, 4.69) is 46.2 Å². The number of likely N-dealkylation sites (tertiary alicyclic amines) is 1. The van der Waals surface area contributed by atoms with Gasteiger partial charge < -0.3 is 44.9 Å². The van der Waals surface area contributed by atoms with Crippen molar-refractivity contribution in [1.82, 2.24) is 60.9 Å². The fourth-order valence-electron chi connectivity index (χ4n) is 10.9. The molecule has 20 nitrogen and oxygen atoms in total. The van der Waals surface area contributed by atoms with Gasteiger partial charge >= 0.3 is 6.01 Å². The number of amides is 2.